The standard InChI is InChI=1S/C22H32N4O8/c1-3-12(2)18(23)21(32)25-15(10-17(28)29)20(31)24-14(9-13-7-5-4-6-8-13)19(30)26-16(11-27)22(33)34/h4-8,12,14-16,18,27H,3,9-11,23H2,1-2H3,(H,24,31)(H,25,32)(H,26,30)(H,28,29)(H,33,34). The minimum atomic E-state index is -1.61. The van der Waals surface area contributed by atoms with Crippen LogP contribution in [-0.4, -0.2) is 75.8 Å². The van der Waals surface area contributed by atoms with Gasteiger partial charge < -0.3 is 37.0 Å². The summed E-state index contributed by atoms with van der Waals surface area (Å²) in [6.45, 7) is 2.68. The molecular formula is C22H32N4O8. The van der Waals surface area contributed by atoms with E-state index in [0.717, 1.165) is 0 Å². The second-order valence-corrected chi connectivity index (χ2v) is 7.90. The molecule has 188 valence electrons. The lowest BCUT2D eigenvalue weighted by Crippen LogP contribution is -2.58. The van der Waals surface area contributed by atoms with Gasteiger partial charge in [0.2, 0.25) is 17.7 Å². The van der Waals surface area contributed by atoms with E-state index in [1.54, 1.807) is 37.3 Å². The van der Waals surface area contributed by atoms with E-state index >= 15 is 0 Å². The lowest BCUT2D eigenvalue weighted by molar-refractivity contribution is -0.144. The van der Waals surface area contributed by atoms with E-state index in [1.165, 1.54) is 0 Å². The third-order valence-electron chi connectivity index (χ3n) is 5.28. The number of amides is 3. The second kappa shape index (κ2) is 13.9. The molecule has 1 aromatic rings. The van der Waals surface area contributed by atoms with Crippen LogP contribution in [0.3, 0.4) is 0 Å². The third-order valence-corrected chi connectivity index (χ3v) is 5.28. The van der Waals surface area contributed by atoms with Crippen LogP contribution in [0.2, 0.25) is 0 Å². The van der Waals surface area contributed by atoms with E-state index in [2.05, 4.69) is 16.0 Å². The van der Waals surface area contributed by atoms with Crippen LogP contribution in [0, 0.1) is 5.92 Å². The number of carboxylic acid groups (broad SMARTS) is 2. The highest BCUT2D eigenvalue weighted by Gasteiger charge is 2.32. The molecule has 1 rings (SSSR count). The molecule has 0 saturated carbocycles. The van der Waals surface area contributed by atoms with Crippen molar-refractivity contribution in [3.8, 4) is 0 Å². The first-order valence-electron chi connectivity index (χ1n) is 10.8. The summed E-state index contributed by atoms with van der Waals surface area (Å²) in [5.74, 6) is -5.65. The lowest BCUT2D eigenvalue weighted by atomic mass is 9.98. The van der Waals surface area contributed by atoms with Crippen molar-refractivity contribution in [2.75, 3.05) is 6.61 Å². The van der Waals surface area contributed by atoms with Crippen LogP contribution in [0.4, 0.5) is 0 Å². The monoisotopic (exact) mass is 480 g/mol. The molecule has 0 saturated heterocycles. The summed E-state index contributed by atoms with van der Waals surface area (Å²) < 4.78 is 0. The van der Waals surface area contributed by atoms with Gasteiger partial charge in [0.25, 0.3) is 0 Å². The molecular weight excluding hydrogens is 448 g/mol. The molecule has 5 unspecified atom stereocenters. The molecule has 0 bridgehead atoms. The third kappa shape index (κ3) is 9.16. The first kappa shape index (κ1) is 28.5. The van der Waals surface area contributed by atoms with E-state index in [0.29, 0.717) is 12.0 Å². The summed E-state index contributed by atoms with van der Waals surface area (Å²) in [7, 11) is 0. The Hall–Kier alpha value is -3.51. The molecule has 0 spiro atoms. The second-order valence-electron chi connectivity index (χ2n) is 7.90. The number of aliphatic hydroxyl groups excluding tert-OH is 1. The topological polar surface area (TPSA) is 208 Å². The van der Waals surface area contributed by atoms with Crippen molar-refractivity contribution >= 4 is 29.7 Å². The normalized spacial score (nSPS) is 15.2. The Balaban J connectivity index is 3.10. The van der Waals surface area contributed by atoms with Gasteiger partial charge in [-0.05, 0) is 11.5 Å². The number of aliphatic hydroxyl groups is 1. The zero-order valence-electron chi connectivity index (χ0n) is 19.1. The van der Waals surface area contributed by atoms with Crippen LogP contribution in [0.1, 0.15) is 32.3 Å². The number of hydrogen-bond donors (Lipinski definition) is 7. The first-order chi connectivity index (χ1) is 16.0. The molecule has 3 amide bonds. The molecule has 0 aromatic heterocycles. The predicted octanol–water partition coefficient (Wildman–Crippen LogP) is -1.39. The Morgan fingerprint density at radius 3 is 1.91 bits per heavy atom. The minimum Gasteiger partial charge on any atom is -0.481 e. The molecule has 0 heterocycles. The number of rotatable bonds is 14. The van der Waals surface area contributed by atoms with E-state index in [4.69, 9.17) is 10.8 Å². The maximum atomic E-state index is 12.9. The van der Waals surface area contributed by atoms with Gasteiger partial charge in [0.1, 0.15) is 18.1 Å². The first-order valence-corrected chi connectivity index (χ1v) is 10.8. The maximum absolute atomic E-state index is 12.9. The van der Waals surface area contributed by atoms with Crippen molar-refractivity contribution in [1.29, 1.82) is 0 Å². The minimum absolute atomic E-state index is 0.0592. The van der Waals surface area contributed by atoms with Crippen molar-refractivity contribution in [1.82, 2.24) is 16.0 Å². The number of aliphatic carboxylic acids is 2. The average Bonchev–Trinajstić information content (AvgIpc) is 2.80. The summed E-state index contributed by atoms with van der Waals surface area (Å²) in [6.07, 6.45) is -0.242. The molecule has 34 heavy (non-hydrogen) atoms. The van der Waals surface area contributed by atoms with Gasteiger partial charge >= 0.3 is 11.9 Å². The van der Waals surface area contributed by atoms with Crippen LogP contribution in [0.5, 0.6) is 0 Å². The molecule has 5 atom stereocenters. The Bertz CT molecular complexity index is 864. The SMILES string of the molecule is CCC(C)C(N)C(=O)NC(CC(=O)O)C(=O)NC(Cc1ccccc1)C(=O)NC(CO)C(=O)O. The number of carboxylic acids is 2. The van der Waals surface area contributed by atoms with E-state index in [-0.39, 0.29) is 12.3 Å². The summed E-state index contributed by atoms with van der Waals surface area (Å²) in [5.41, 5.74) is 6.49. The molecule has 0 aliphatic heterocycles. The van der Waals surface area contributed by atoms with Crippen LogP contribution >= 0.6 is 0 Å². The fourth-order valence-corrected chi connectivity index (χ4v) is 2.95. The van der Waals surface area contributed by atoms with Crippen molar-refractivity contribution in [2.45, 2.75) is 57.3 Å². The predicted molar refractivity (Wildman–Crippen MR) is 120 cm³/mol. The summed E-state index contributed by atoms with van der Waals surface area (Å²) in [6, 6.07) is 3.06. The summed E-state index contributed by atoms with van der Waals surface area (Å²) in [5, 5.41) is 34.3. The Morgan fingerprint density at radius 2 is 1.41 bits per heavy atom. The molecule has 0 radical (unpaired) electrons. The molecule has 0 aliphatic carbocycles. The van der Waals surface area contributed by atoms with Crippen molar-refractivity contribution in [2.24, 2.45) is 11.7 Å². The van der Waals surface area contributed by atoms with Gasteiger partial charge in [-0.15, -0.1) is 0 Å². The van der Waals surface area contributed by atoms with Gasteiger partial charge in [-0.25, -0.2) is 4.79 Å². The molecule has 12 heteroatoms. The van der Waals surface area contributed by atoms with Crippen LogP contribution < -0.4 is 21.7 Å². The Kier molecular flexibility index (Phi) is 11.7. The van der Waals surface area contributed by atoms with Gasteiger partial charge in [-0.2, -0.15) is 0 Å². The Morgan fingerprint density at radius 1 is 0.882 bits per heavy atom. The van der Waals surface area contributed by atoms with Gasteiger partial charge in [-0.3, -0.25) is 19.2 Å². The zero-order chi connectivity index (χ0) is 25.8. The van der Waals surface area contributed by atoms with Crippen molar-refractivity contribution in [3.63, 3.8) is 0 Å². The molecule has 0 fully saturated rings. The Labute approximate surface area is 196 Å². The van der Waals surface area contributed by atoms with E-state index in [9.17, 15) is 34.2 Å². The quantitative estimate of drug-likeness (QED) is 0.167. The highest BCUT2D eigenvalue weighted by molar-refractivity contribution is 5.95. The van der Waals surface area contributed by atoms with Gasteiger partial charge in [-0.1, -0.05) is 50.6 Å². The number of benzene rings is 1. The number of carbonyl (C=O) groups is 5. The highest BCUT2D eigenvalue weighted by atomic mass is 16.4. The largest absolute Gasteiger partial charge is 0.481 e. The van der Waals surface area contributed by atoms with Crippen LogP contribution in [0.15, 0.2) is 30.3 Å². The van der Waals surface area contributed by atoms with E-state index < -0.39 is 66.9 Å². The van der Waals surface area contributed by atoms with E-state index in [1.807, 2.05) is 6.92 Å². The van der Waals surface area contributed by atoms with Crippen molar-refractivity contribution in [3.05, 3.63) is 35.9 Å². The molecule has 0 aliphatic rings. The van der Waals surface area contributed by atoms with Gasteiger partial charge in [0.15, 0.2) is 0 Å². The molecule has 8 N–H and O–H groups in total. The zero-order valence-corrected chi connectivity index (χ0v) is 19.1. The number of carbonyl (C=O) groups excluding carboxylic acids is 3. The lowest BCUT2D eigenvalue weighted by Gasteiger charge is -2.25. The van der Waals surface area contributed by atoms with Gasteiger partial charge in [0.05, 0.1) is 19.1 Å². The maximum Gasteiger partial charge on any atom is 0.328 e. The fraction of sp³-hybridized carbons (Fsp3) is 0.500. The summed E-state index contributed by atoms with van der Waals surface area (Å²) >= 11 is 0. The molecule has 1 aromatic carbocycles. The number of hydrogen-bond acceptors (Lipinski definition) is 7. The average molecular weight is 481 g/mol. The summed E-state index contributed by atoms with van der Waals surface area (Å²) in [4.78, 5) is 60.5. The number of nitrogens with two attached hydrogens (primary N) is 1. The fourth-order valence-electron chi connectivity index (χ4n) is 2.95. The van der Waals surface area contributed by atoms with Crippen LogP contribution in [0.25, 0.3) is 0 Å². The van der Waals surface area contributed by atoms with Gasteiger partial charge in [0, 0.05) is 6.42 Å². The molecule has 12 nitrogen and oxygen atoms in total. The van der Waals surface area contributed by atoms with Crippen LogP contribution in [-0.2, 0) is 30.4 Å². The highest BCUT2D eigenvalue weighted by Crippen LogP contribution is 2.08. The smallest absolute Gasteiger partial charge is 0.328 e. The van der Waals surface area contributed by atoms with Crippen molar-refractivity contribution < 1.29 is 39.3 Å². The number of nitrogens with one attached hydrogen (secondary N) is 3.